The molecule has 1 rings (SSSR count). The van der Waals surface area contributed by atoms with Gasteiger partial charge in [-0.15, -0.1) is 0 Å². The first-order valence-electron chi connectivity index (χ1n) is 7.49. The molecule has 1 aliphatic rings. The molecule has 0 aromatic carbocycles. The summed E-state index contributed by atoms with van der Waals surface area (Å²) >= 11 is 0. The Morgan fingerprint density at radius 3 is 2.67 bits per heavy atom. The number of esters is 1. The molecule has 1 aliphatic carbocycles. The van der Waals surface area contributed by atoms with E-state index in [1.54, 1.807) is 0 Å². The van der Waals surface area contributed by atoms with Crippen molar-refractivity contribution in [3.05, 3.63) is 0 Å². The zero-order valence-electron chi connectivity index (χ0n) is 12.1. The SMILES string of the molecule is CCCC(C(=O)OCC)C1(O)CCCCC1CC. The standard InChI is InChI=1S/C15H28O3/c1-4-9-13(14(16)18-6-3)15(17)11-8-7-10-12(15)5-2/h12-13,17H,4-11H2,1-3H3. The minimum atomic E-state index is -0.838. The Hall–Kier alpha value is -0.570. The fourth-order valence-corrected chi connectivity index (χ4v) is 3.37. The molecule has 0 bridgehead atoms. The second-order valence-corrected chi connectivity index (χ2v) is 5.44. The van der Waals surface area contributed by atoms with Crippen LogP contribution < -0.4 is 0 Å². The molecule has 18 heavy (non-hydrogen) atoms. The van der Waals surface area contributed by atoms with Crippen LogP contribution in [0.25, 0.3) is 0 Å². The van der Waals surface area contributed by atoms with E-state index in [1.807, 2.05) is 6.92 Å². The molecule has 3 heteroatoms. The average Bonchev–Trinajstić information content (AvgIpc) is 2.36. The number of rotatable bonds is 6. The Morgan fingerprint density at radius 2 is 2.11 bits per heavy atom. The zero-order chi connectivity index (χ0) is 13.6. The normalized spacial score (nSPS) is 29.9. The van der Waals surface area contributed by atoms with Crippen LogP contribution in [0.3, 0.4) is 0 Å². The number of hydrogen-bond donors (Lipinski definition) is 1. The molecule has 1 saturated carbocycles. The number of hydrogen-bond acceptors (Lipinski definition) is 3. The Bertz CT molecular complexity index is 264. The van der Waals surface area contributed by atoms with E-state index in [1.165, 1.54) is 6.42 Å². The van der Waals surface area contributed by atoms with Crippen LogP contribution in [0, 0.1) is 11.8 Å². The first kappa shape index (κ1) is 15.5. The number of carbonyl (C=O) groups excluding carboxylic acids is 1. The van der Waals surface area contributed by atoms with Crippen LogP contribution >= 0.6 is 0 Å². The van der Waals surface area contributed by atoms with Gasteiger partial charge in [0.2, 0.25) is 0 Å². The largest absolute Gasteiger partial charge is 0.466 e. The summed E-state index contributed by atoms with van der Waals surface area (Å²) < 4.78 is 5.17. The Balaban J connectivity index is 2.89. The van der Waals surface area contributed by atoms with Crippen molar-refractivity contribution >= 4 is 5.97 Å². The fraction of sp³-hybridized carbons (Fsp3) is 0.933. The predicted molar refractivity (Wildman–Crippen MR) is 72.2 cm³/mol. The number of aliphatic hydroxyl groups is 1. The summed E-state index contributed by atoms with van der Waals surface area (Å²) in [6.45, 7) is 6.38. The van der Waals surface area contributed by atoms with Gasteiger partial charge in [-0.05, 0) is 32.1 Å². The van der Waals surface area contributed by atoms with Gasteiger partial charge < -0.3 is 9.84 Å². The summed E-state index contributed by atoms with van der Waals surface area (Å²) in [5.74, 6) is -0.304. The van der Waals surface area contributed by atoms with E-state index < -0.39 is 5.60 Å². The summed E-state index contributed by atoms with van der Waals surface area (Å²) in [5.41, 5.74) is -0.838. The van der Waals surface area contributed by atoms with Gasteiger partial charge in [0.05, 0.1) is 18.1 Å². The molecular formula is C15H28O3. The predicted octanol–water partition coefficient (Wildman–Crippen LogP) is 3.30. The monoisotopic (exact) mass is 256 g/mol. The summed E-state index contributed by atoms with van der Waals surface area (Å²) in [6.07, 6.45) is 6.54. The fourth-order valence-electron chi connectivity index (χ4n) is 3.37. The third-order valence-electron chi connectivity index (χ3n) is 4.33. The van der Waals surface area contributed by atoms with Gasteiger partial charge in [-0.25, -0.2) is 0 Å². The van der Waals surface area contributed by atoms with Crippen molar-refractivity contribution in [3.8, 4) is 0 Å². The number of ether oxygens (including phenoxy) is 1. The lowest BCUT2D eigenvalue weighted by Crippen LogP contribution is -2.50. The van der Waals surface area contributed by atoms with Gasteiger partial charge >= 0.3 is 5.97 Å². The van der Waals surface area contributed by atoms with Crippen molar-refractivity contribution in [2.75, 3.05) is 6.61 Å². The van der Waals surface area contributed by atoms with E-state index in [0.29, 0.717) is 6.61 Å². The minimum absolute atomic E-state index is 0.206. The quantitative estimate of drug-likeness (QED) is 0.742. The second kappa shape index (κ2) is 7.13. The molecule has 106 valence electrons. The molecule has 0 aliphatic heterocycles. The average molecular weight is 256 g/mol. The Labute approximate surface area is 111 Å². The zero-order valence-corrected chi connectivity index (χ0v) is 12.1. The molecular weight excluding hydrogens is 228 g/mol. The second-order valence-electron chi connectivity index (χ2n) is 5.44. The van der Waals surface area contributed by atoms with E-state index in [2.05, 4.69) is 13.8 Å². The third-order valence-corrected chi connectivity index (χ3v) is 4.33. The van der Waals surface area contributed by atoms with Gasteiger partial charge in [-0.3, -0.25) is 4.79 Å². The van der Waals surface area contributed by atoms with Crippen LogP contribution in [0.2, 0.25) is 0 Å². The third kappa shape index (κ3) is 3.25. The maximum atomic E-state index is 12.1. The highest BCUT2D eigenvalue weighted by Crippen LogP contribution is 2.43. The highest BCUT2D eigenvalue weighted by Gasteiger charge is 2.47. The summed E-state index contributed by atoms with van der Waals surface area (Å²) in [7, 11) is 0. The smallest absolute Gasteiger partial charge is 0.311 e. The highest BCUT2D eigenvalue weighted by atomic mass is 16.5. The molecule has 3 nitrogen and oxygen atoms in total. The van der Waals surface area contributed by atoms with Gasteiger partial charge in [-0.1, -0.05) is 39.5 Å². The number of carbonyl (C=O) groups is 1. The summed E-state index contributed by atoms with van der Waals surface area (Å²) in [6, 6.07) is 0. The van der Waals surface area contributed by atoms with Crippen molar-refractivity contribution in [1.29, 1.82) is 0 Å². The lowest BCUT2D eigenvalue weighted by molar-refractivity contribution is -0.168. The van der Waals surface area contributed by atoms with Gasteiger partial charge in [0.25, 0.3) is 0 Å². The van der Waals surface area contributed by atoms with Crippen molar-refractivity contribution in [1.82, 2.24) is 0 Å². The van der Waals surface area contributed by atoms with E-state index in [0.717, 1.165) is 38.5 Å². The van der Waals surface area contributed by atoms with Crippen LogP contribution in [0.15, 0.2) is 0 Å². The van der Waals surface area contributed by atoms with Crippen LogP contribution in [-0.4, -0.2) is 23.3 Å². The van der Waals surface area contributed by atoms with Crippen LogP contribution in [0.5, 0.6) is 0 Å². The first-order valence-corrected chi connectivity index (χ1v) is 7.49. The van der Waals surface area contributed by atoms with E-state index >= 15 is 0 Å². The molecule has 0 radical (unpaired) electrons. The van der Waals surface area contributed by atoms with Crippen molar-refractivity contribution in [2.24, 2.45) is 11.8 Å². The van der Waals surface area contributed by atoms with E-state index in [4.69, 9.17) is 4.74 Å². The summed E-state index contributed by atoms with van der Waals surface area (Å²) in [5, 5.41) is 11.0. The highest BCUT2D eigenvalue weighted by molar-refractivity contribution is 5.74. The molecule has 1 fully saturated rings. The molecule has 1 N–H and O–H groups in total. The van der Waals surface area contributed by atoms with Crippen LogP contribution in [0.4, 0.5) is 0 Å². The summed E-state index contributed by atoms with van der Waals surface area (Å²) in [4.78, 5) is 12.1. The topological polar surface area (TPSA) is 46.5 Å². The molecule has 0 aromatic heterocycles. The van der Waals surface area contributed by atoms with Crippen molar-refractivity contribution in [2.45, 2.75) is 71.3 Å². The molecule has 0 saturated heterocycles. The Kier molecular flexibility index (Phi) is 6.13. The van der Waals surface area contributed by atoms with E-state index in [-0.39, 0.29) is 17.8 Å². The molecule has 0 aromatic rings. The first-order chi connectivity index (χ1) is 8.60. The molecule has 0 spiro atoms. The molecule has 0 amide bonds. The molecule has 3 atom stereocenters. The lowest BCUT2D eigenvalue weighted by atomic mass is 9.66. The van der Waals surface area contributed by atoms with Gasteiger partial charge in [0.15, 0.2) is 0 Å². The van der Waals surface area contributed by atoms with Crippen molar-refractivity contribution in [3.63, 3.8) is 0 Å². The van der Waals surface area contributed by atoms with Crippen LogP contribution in [-0.2, 0) is 9.53 Å². The molecule has 3 unspecified atom stereocenters. The minimum Gasteiger partial charge on any atom is -0.466 e. The van der Waals surface area contributed by atoms with Gasteiger partial charge in [-0.2, -0.15) is 0 Å². The van der Waals surface area contributed by atoms with Crippen molar-refractivity contribution < 1.29 is 14.6 Å². The van der Waals surface area contributed by atoms with Crippen LogP contribution in [0.1, 0.15) is 65.7 Å². The Morgan fingerprint density at radius 1 is 1.39 bits per heavy atom. The van der Waals surface area contributed by atoms with Gasteiger partial charge in [0, 0.05) is 0 Å². The lowest BCUT2D eigenvalue weighted by Gasteiger charge is -2.44. The van der Waals surface area contributed by atoms with Gasteiger partial charge in [0.1, 0.15) is 0 Å². The van der Waals surface area contributed by atoms with E-state index in [9.17, 15) is 9.90 Å². The maximum absolute atomic E-state index is 12.1. The molecule has 0 heterocycles. The maximum Gasteiger partial charge on any atom is 0.311 e.